The predicted molar refractivity (Wildman–Crippen MR) is 63.5 cm³/mol. The number of aromatic nitrogens is 1. The normalized spacial score (nSPS) is 11.7. The van der Waals surface area contributed by atoms with Crippen molar-refractivity contribution in [1.82, 2.24) is 4.98 Å². The molecule has 0 unspecified atom stereocenters. The summed E-state index contributed by atoms with van der Waals surface area (Å²) < 4.78 is 52.0. The topological polar surface area (TPSA) is 72.2 Å². The van der Waals surface area contributed by atoms with Crippen LogP contribution < -0.4 is 5.32 Å². The van der Waals surface area contributed by atoms with Crippen LogP contribution in [0.3, 0.4) is 0 Å². The van der Waals surface area contributed by atoms with Gasteiger partial charge in [-0.25, -0.2) is 13.4 Å². The summed E-state index contributed by atoms with van der Waals surface area (Å²) in [6, 6.07) is 5.08. The van der Waals surface area contributed by atoms with Crippen LogP contribution >= 0.6 is 0 Å². The molecule has 0 saturated heterocycles. The largest absolute Gasteiger partial charge is 0.447 e. The van der Waals surface area contributed by atoms with Crippen molar-refractivity contribution in [2.75, 3.05) is 5.32 Å². The SMILES string of the molecule is O=S(=O)(c1ccc(NCc2cnco2)cc1)C(F)F. The van der Waals surface area contributed by atoms with Gasteiger partial charge in [0.2, 0.25) is 9.84 Å². The molecule has 0 saturated carbocycles. The first-order chi connectivity index (χ1) is 9.00. The molecule has 2 aromatic rings. The monoisotopic (exact) mass is 288 g/mol. The van der Waals surface area contributed by atoms with Crippen LogP contribution in [0, 0.1) is 0 Å². The van der Waals surface area contributed by atoms with Crippen LogP contribution in [0.15, 0.2) is 46.2 Å². The fourth-order valence-corrected chi connectivity index (χ4v) is 2.11. The van der Waals surface area contributed by atoms with E-state index in [0.29, 0.717) is 18.0 Å². The zero-order chi connectivity index (χ0) is 13.9. The molecule has 0 radical (unpaired) electrons. The number of nitrogens with one attached hydrogen (secondary N) is 1. The van der Waals surface area contributed by atoms with Gasteiger partial charge in [0, 0.05) is 5.69 Å². The van der Waals surface area contributed by atoms with Gasteiger partial charge in [-0.3, -0.25) is 0 Å². The lowest BCUT2D eigenvalue weighted by Crippen LogP contribution is -2.11. The summed E-state index contributed by atoms with van der Waals surface area (Å²) in [4.78, 5) is 3.32. The van der Waals surface area contributed by atoms with Crippen LogP contribution in [0.4, 0.5) is 14.5 Å². The Morgan fingerprint density at radius 3 is 2.47 bits per heavy atom. The Morgan fingerprint density at radius 1 is 1.26 bits per heavy atom. The van der Waals surface area contributed by atoms with Crippen molar-refractivity contribution >= 4 is 15.5 Å². The number of anilines is 1. The molecular weight excluding hydrogens is 278 g/mol. The Labute approximate surface area is 108 Å². The van der Waals surface area contributed by atoms with E-state index in [2.05, 4.69) is 10.3 Å². The van der Waals surface area contributed by atoms with E-state index in [1.54, 1.807) is 0 Å². The molecule has 5 nitrogen and oxygen atoms in total. The lowest BCUT2D eigenvalue weighted by molar-refractivity contribution is 0.234. The Kier molecular flexibility index (Phi) is 3.79. The molecule has 1 aromatic heterocycles. The second kappa shape index (κ2) is 5.35. The lowest BCUT2D eigenvalue weighted by Gasteiger charge is -2.06. The van der Waals surface area contributed by atoms with Gasteiger partial charge in [0.1, 0.15) is 5.76 Å². The third kappa shape index (κ3) is 3.08. The zero-order valence-electron chi connectivity index (χ0n) is 9.58. The highest BCUT2D eigenvalue weighted by Gasteiger charge is 2.26. The van der Waals surface area contributed by atoms with Crippen molar-refractivity contribution in [3.63, 3.8) is 0 Å². The number of oxazole rings is 1. The van der Waals surface area contributed by atoms with Crippen molar-refractivity contribution in [3.05, 3.63) is 42.6 Å². The first-order valence-corrected chi connectivity index (χ1v) is 6.78. The predicted octanol–water partition coefficient (Wildman–Crippen LogP) is 2.28. The van der Waals surface area contributed by atoms with Crippen LogP contribution in [0.2, 0.25) is 0 Å². The summed E-state index contributed by atoms with van der Waals surface area (Å²) >= 11 is 0. The molecular formula is C11H10F2N2O3S. The standard InChI is InChI=1S/C11H10F2N2O3S/c12-11(13)19(16,17)10-3-1-8(2-4-10)15-6-9-5-14-7-18-9/h1-5,7,11,15H,6H2. The molecule has 0 amide bonds. The van der Waals surface area contributed by atoms with E-state index < -0.39 is 20.5 Å². The van der Waals surface area contributed by atoms with Gasteiger partial charge >= 0.3 is 5.76 Å². The molecule has 0 aliphatic heterocycles. The number of benzene rings is 1. The molecule has 0 bridgehead atoms. The highest BCUT2D eigenvalue weighted by Crippen LogP contribution is 2.20. The van der Waals surface area contributed by atoms with Crippen LogP contribution in [0.25, 0.3) is 0 Å². The molecule has 19 heavy (non-hydrogen) atoms. The minimum atomic E-state index is -4.54. The zero-order valence-corrected chi connectivity index (χ0v) is 10.4. The van der Waals surface area contributed by atoms with Gasteiger partial charge in [-0.15, -0.1) is 0 Å². The number of halogens is 2. The molecule has 0 aliphatic carbocycles. The van der Waals surface area contributed by atoms with Crippen molar-refractivity contribution in [2.24, 2.45) is 0 Å². The maximum Gasteiger partial charge on any atom is 0.341 e. The molecule has 8 heteroatoms. The Morgan fingerprint density at radius 2 is 1.95 bits per heavy atom. The Balaban J connectivity index is 2.07. The fraction of sp³-hybridized carbons (Fsp3) is 0.182. The smallest absolute Gasteiger partial charge is 0.341 e. The maximum atomic E-state index is 12.3. The highest BCUT2D eigenvalue weighted by atomic mass is 32.2. The van der Waals surface area contributed by atoms with Gasteiger partial charge in [0.15, 0.2) is 6.39 Å². The molecule has 0 aliphatic rings. The minimum absolute atomic E-state index is 0.362. The quantitative estimate of drug-likeness (QED) is 0.913. The first kappa shape index (κ1) is 13.5. The van der Waals surface area contributed by atoms with E-state index in [9.17, 15) is 17.2 Å². The average Bonchev–Trinajstić information content (AvgIpc) is 2.90. The third-order valence-electron chi connectivity index (χ3n) is 2.37. The lowest BCUT2D eigenvalue weighted by atomic mass is 10.3. The van der Waals surface area contributed by atoms with E-state index in [4.69, 9.17) is 4.42 Å². The average molecular weight is 288 g/mol. The van der Waals surface area contributed by atoms with Crippen molar-refractivity contribution in [3.8, 4) is 0 Å². The summed E-state index contributed by atoms with van der Waals surface area (Å²) in [6.45, 7) is 0.362. The van der Waals surface area contributed by atoms with Gasteiger partial charge in [-0.1, -0.05) is 0 Å². The van der Waals surface area contributed by atoms with Crippen LogP contribution in [0.1, 0.15) is 5.76 Å². The van der Waals surface area contributed by atoms with Gasteiger partial charge in [-0.2, -0.15) is 8.78 Å². The second-order valence-electron chi connectivity index (χ2n) is 3.65. The second-order valence-corrected chi connectivity index (χ2v) is 5.57. The van der Waals surface area contributed by atoms with Gasteiger partial charge in [0.05, 0.1) is 17.6 Å². The number of rotatable bonds is 5. The van der Waals surface area contributed by atoms with Gasteiger partial charge in [0.25, 0.3) is 0 Å². The van der Waals surface area contributed by atoms with E-state index >= 15 is 0 Å². The van der Waals surface area contributed by atoms with Crippen LogP contribution in [-0.4, -0.2) is 19.2 Å². The number of hydrogen-bond acceptors (Lipinski definition) is 5. The molecule has 1 heterocycles. The van der Waals surface area contributed by atoms with E-state index in [1.165, 1.54) is 24.7 Å². The number of alkyl halides is 2. The first-order valence-electron chi connectivity index (χ1n) is 5.23. The molecule has 1 aromatic carbocycles. The summed E-state index contributed by atoms with van der Waals surface area (Å²) in [7, 11) is -4.54. The van der Waals surface area contributed by atoms with Gasteiger partial charge in [-0.05, 0) is 24.3 Å². The molecule has 102 valence electrons. The number of hydrogen-bond donors (Lipinski definition) is 1. The van der Waals surface area contributed by atoms with Crippen molar-refractivity contribution in [2.45, 2.75) is 17.2 Å². The molecule has 0 spiro atoms. The molecule has 0 atom stereocenters. The van der Waals surface area contributed by atoms with Crippen molar-refractivity contribution < 1.29 is 21.6 Å². The molecule has 1 N–H and O–H groups in total. The van der Waals surface area contributed by atoms with Gasteiger partial charge < -0.3 is 9.73 Å². The van der Waals surface area contributed by atoms with Crippen molar-refractivity contribution in [1.29, 1.82) is 0 Å². The fourth-order valence-electron chi connectivity index (χ4n) is 1.38. The number of nitrogens with zero attached hydrogens (tertiary/aromatic N) is 1. The highest BCUT2D eigenvalue weighted by molar-refractivity contribution is 7.91. The van der Waals surface area contributed by atoms with E-state index in [-0.39, 0.29) is 0 Å². The molecule has 0 fully saturated rings. The number of sulfone groups is 1. The summed E-state index contributed by atoms with van der Waals surface area (Å²) in [5.74, 6) is -2.82. The molecule has 2 rings (SSSR count). The van der Waals surface area contributed by atoms with E-state index in [1.807, 2.05) is 0 Å². The Hall–Kier alpha value is -1.96. The summed E-state index contributed by atoms with van der Waals surface area (Å²) in [5, 5.41) is 2.94. The minimum Gasteiger partial charge on any atom is -0.447 e. The van der Waals surface area contributed by atoms with Crippen LogP contribution in [0.5, 0.6) is 0 Å². The summed E-state index contributed by atoms with van der Waals surface area (Å²) in [5.41, 5.74) is 0.588. The third-order valence-corrected chi connectivity index (χ3v) is 3.77. The maximum absolute atomic E-state index is 12.3. The van der Waals surface area contributed by atoms with Crippen LogP contribution in [-0.2, 0) is 16.4 Å². The van der Waals surface area contributed by atoms with E-state index in [0.717, 1.165) is 12.1 Å². The Bertz CT molecular complexity index is 624. The summed E-state index contributed by atoms with van der Waals surface area (Å²) in [6.07, 6.45) is 2.82.